The molecule has 74 valence electrons. The molecule has 0 radical (unpaired) electrons. The van der Waals surface area contributed by atoms with E-state index in [-0.39, 0.29) is 5.92 Å². The lowest BCUT2D eigenvalue weighted by Gasteiger charge is -2.16. The topological polar surface area (TPSA) is 35.8 Å². The van der Waals surface area contributed by atoms with Crippen molar-refractivity contribution in [3.8, 4) is 6.07 Å². The van der Waals surface area contributed by atoms with Crippen LogP contribution in [0.25, 0.3) is 0 Å². The number of rotatable bonds is 4. The summed E-state index contributed by atoms with van der Waals surface area (Å²) in [5.41, 5.74) is 0. The second-order valence-electron chi connectivity index (χ2n) is 4.41. The maximum atomic E-state index is 8.85. The van der Waals surface area contributed by atoms with Crippen LogP contribution in [-0.4, -0.2) is 12.6 Å². The molecule has 1 aliphatic carbocycles. The van der Waals surface area contributed by atoms with Gasteiger partial charge in [-0.05, 0) is 31.7 Å². The Hall–Kier alpha value is -0.550. The number of nitrogens with zero attached hydrogens (tertiary/aromatic N) is 1. The van der Waals surface area contributed by atoms with Gasteiger partial charge in [-0.2, -0.15) is 5.26 Å². The summed E-state index contributed by atoms with van der Waals surface area (Å²) >= 11 is 0. The van der Waals surface area contributed by atoms with E-state index in [1.165, 1.54) is 19.3 Å². The van der Waals surface area contributed by atoms with Crippen molar-refractivity contribution in [1.29, 1.82) is 5.26 Å². The maximum Gasteiger partial charge on any atom is 0.0672 e. The largest absolute Gasteiger partial charge is 0.313 e. The zero-order valence-corrected chi connectivity index (χ0v) is 8.71. The van der Waals surface area contributed by atoms with Crippen LogP contribution in [0.5, 0.6) is 0 Å². The minimum absolute atomic E-state index is 0.271. The van der Waals surface area contributed by atoms with E-state index in [0.29, 0.717) is 6.04 Å². The van der Waals surface area contributed by atoms with Gasteiger partial charge < -0.3 is 5.32 Å². The minimum atomic E-state index is 0.271. The summed E-state index contributed by atoms with van der Waals surface area (Å²) in [7, 11) is 0. The van der Waals surface area contributed by atoms with Crippen molar-refractivity contribution >= 4 is 0 Å². The smallest absolute Gasteiger partial charge is 0.0672 e. The molecule has 0 bridgehead atoms. The molecular formula is C11H20N2. The Balaban J connectivity index is 2.17. The predicted octanol–water partition coefficient (Wildman–Crippen LogP) is 2.31. The second-order valence-corrected chi connectivity index (χ2v) is 4.41. The van der Waals surface area contributed by atoms with Gasteiger partial charge in [-0.25, -0.2) is 0 Å². The molecule has 0 spiro atoms. The van der Waals surface area contributed by atoms with Gasteiger partial charge >= 0.3 is 0 Å². The van der Waals surface area contributed by atoms with Gasteiger partial charge in [0.25, 0.3) is 0 Å². The Kier molecular flexibility index (Phi) is 4.24. The van der Waals surface area contributed by atoms with Crippen molar-refractivity contribution in [2.24, 2.45) is 11.8 Å². The SMILES string of the molecule is CC(C)CCNC1CCCC1C#N. The van der Waals surface area contributed by atoms with Crippen LogP contribution < -0.4 is 5.32 Å². The molecule has 1 saturated carbocycles. The van der Waals surface area contributed by atoms with E-state index in [1.807, 2.05) is 0 Å². The molecule has 2 unspecified atom stereocenters. The van der Waals surface area contributed by atoms with E-state index >= 15 is 0 Å². The lowest BCUT2D eigenvalue weighted by atomic mass is 10.1. The van der Waals surface area contributed by atoms with Gasteiger partial charge in [0.15, 0.2) is 0 Å². The standard InChI is InChI=1S/C11H20N2/c1-9(2)6-7-13-11-5-3-4-10(11)8-12/h9-11,13H,3-7H2,1-2H3. The van der Waals surface area contributed by atoms with E-state index in [4.69, 9.17) is 5.26 Å². The molecule has 0 heterocycles. The Morgan fingerprint density at radius 1 is 1.46 bits per heavy atom. The molecule has 2 atom stereocenters. The fraction of sp³-hybridized carbons (Fsp3) is 0.909. The van der Waals surface area contributed by atoms with Crippen molar-refractivity contribution in [3.63, 3.8) is 0 Å². The number of nitriles is 1. The van der Waals surface area contributed by atoms with E-state index in [9.17, 15) is 0 Å². The van der Waals surface area contributed by atoms with Crippen molar-refractivity contribution in [2.75, 3.05) is 6.54 Å². The molecule has 1 rings (SSSR count). The van der Waals surface area contributed by atoms with Crippen LogP contribution in [0.2, 0.25) is 0 Å². The molecule has 0 amide bonds. The highest BCUT2D eigenvalue weighted by molar-refractivity contribution is 4.96. The van der Waals surface area contributed by atoms with Crippen LogP contribution >= 0.6 is 0 Å². The lowest BCUT2D eigenvalue weighted by Crippen LogP contribution is -2.32. The molecule has 2 nitrogen and oxygen atoms in total. The van der Waals surface area contributed by atoms with Crippen LogP contribution in [0.3, 0.4) is 0 Å². The third-order valence-electron chi connectivity index (χ3n) is 2.81. The van der Waals surface area contributed by atoms with Crippen molar-refractivity contribution < 1.29 is 0 Å². The summed E-state index contributed by atoms with van der Waals surface area (Å²) in [5.74, 6) is 1.03. The quantitative estimate of drug-likeness (QED) is 0.720. The summed E-state index contributed by atoms with van der Waals surface area (Å²) in [5, 5.41) is 12.3. The third-order valence-corrected chi connectivity index (χ3v) is 2.81. The highest BCUT2D eigenvalue weighted by Gasteiger charge is 2.25. The molecular weight excluding hydrogens is 160 g/mol. The number of hydrogen-bond acceptors (Lipinski definition) is 2. The van der Waals surface area contributed by atoms with Gasteiger partial charge in [0.2, 0.25) is 0 Å². The summed E-state index contributed by atoms with van der Waals surface area (Å²) in [4.78, 5) is 0. The van der Waals surface area contributed by atoms with Crippen molar-refractivity contribution in [3.05, 3.63) is 0 Å². The van der Waals surface area contributed by atoms with E-state index in [2.05, 4.69) is 25.2 Å². The fourth-order valence-corrected chi connectivity index (χ4v) is 1.92. The summed E-state index contributed by atoms with van der Waals surface area (Å²) in [6.45, 7) is 5.54. The Labute approximate surface area is 81.3 Å². The van der Waals surface area contributed by atoms with Gasteiger partial charge in [0.1, 0.15) is 0 Å². The summed E-state index contributed by atoms with van der Waals surface area (Å²) < 4.78 is 0. The zero-order chi connectivity index (χ0) is 9.68. The monoisotopic (exact) mass is 180 g/mol. The number of nitrogens with one attached hydrogen (secondary N) is 1. The lowest BCUT2D eigenvalue weighted by molar-refractivity contribution is 0.436. The van der Waals surface area contributed by atoms with Crippen LogP contribution in [0.15, 0.2) is 0 Å². The average molecular weight is 180 g/mol. The maximum absolute atomic E-state index is 8.85. The first-order valence-corrected chi connectivity index (χ1v) is 5.37. The molecule has 0 aromatic carbocycles. The molecule has 1 N–H and O–H groups in total. The second kappa shape index (κ2) is 5.24. The molecule has 0 aromatic rings. The Morgan fingerprint density at radius 3 is 2.85 bits per heavy atom. The zero-order valence-electron chi connectivity index (χ0n) is 8.71. The molecule has 0 aliphatic heterocycles. The Morgan fingerprint density at radius 2 is 2.23 bits per heavy atom. The van der Waals surface area contributed by atoms with Gasteiger partial charge in [0.05, 0.1) is 12.0 Å². The van der Waals surface area contributed by atoms with E-state index < -0.39 is 0 Å². The molecule has 13 heavy (non-hydrogen) atoms. The summed E-state index contributed by atoms with van der Waals surface area (Å²) in [6.07, 6.45) is 4.72. The first-order chi connectivity index (χ1) is 6.24. The molecule has 1 aliphatic rings. The van der Waals surface area contributed by atoms with Gasteiger partial charge in [-0.1, -0.05) is 20.3 Å². The van der Waals surface area contributed by atoms with Crippen LogP contribution in [-0.2, 0) is 0 Å². The van der Waals surface area contributed by atoms with Crippen LogP contribution in [0, 0.1) is 23.2 Å². The first-order valence-electron chi connectivity index (χ1n) is 5.37. The highest BCUT2D eigenvalue weighted by Crippen LogP contribution is 2.24. The summed E-state index contributed by atoms with van der Waals surface area (Å²) in [6, 6.07) is 2.87. The van der Waals surface area contributed by atoms with Crippen LogP contribution in [0.1, 0.15) is 39.5 Å². The van der Waals surface area contributed by atoms with Crippen molar-refractivity contribution in [2.45, 2.75) is 45.6 Å². The normalized spacial score (nSPS) is 27.8. The molecule has 1 fully saturated rings. The van der Waals surface area contributed by atoms with Gasteiger partial charge in [-0.3, -0.25) is 0 Å². The van der Waals surface area contributed by atoms with E-state index in [1.54, 1.807) is 0 Å². The highest BCUT2D eigenvalue weighted by atomic mass is 14.9. The van der Waals surface area contributed by atoms with E-state index in [0.717, 1.165) is 18.9 Å². The molecule has 2 heteroatoms. The average Bonchev–Trinajstić information content (AvgIpc) is 2.51. The van der Waals surface area contributed by atoms with Gasteiger partial charge in [0, 0.05) is 6.04 Å². The first kappa shape index (κ1) is 10.5. The Bertz CT molecular complexity index is 181. The molecule has 0 aromatic heterocycles. The van der Waals surface area contributed by atoms with Crippen molar-refractivity contribution in [1.82, 2.24) is 5.32 Å². The minimum Gasteiger partial charge on any atom is -0.313 e. The van der Waals surface area contributed by atoms with Gasteiger partial charge in [-0.15, -0.1) is 0 Å². The predicted molar refractivity (Wildman–Crippen MR) is 54.2 cm³/mol. The fourth-order valence-electron chi connectivity index (χ4n) is 1.92. The number of hydrogen-bond donors (Lipinski definition) is 1. The molecule has 0 saturated heterocycles. The third kappa shape index (κ3) is 3.36. The van der Waals surface area contributed by atoms with Crippen LogP contribution in [0.4, 0.5) is 0 Å².